The van der Waals surface area contributed by atoms with Gasteiger partial charge in [-0.05, 0) is 37.5 Å². The number of hydrogen-bond acceptors (Lipinski definition) is 4. The SMILES string of the molecule is O=C(c1cnccn1)N1C[C@H]2CC[C@@H](C1)N(C(=O)CC1CCCC1)C2. The maximum Gasteiger partial charge on any atom is 0.274 e. The van der Waals surface area contributed by atoms with Gasteiger partial charge in [-0.15, -0.1) is 0 Å². The predicted molar refractivity (Wildman–Crippen MR) is 92.7 cm³/mol. The number of aromatic nitrogens is 2. The first-order valence-electron chi connectivity index (χ1n) is 9.55. The fourth-order valence-corrected chi connectivity index (χ4v) is 4.70. The number of carbonyl (C=O) groups excluding carboxylic acids is 2. The second-order valence-corrected chi connectivity index (χ2v) is 7.80. The summed E-state index contributed by atoms with van der Waals surface area (Å²) in [4.78, 5) is 37.7. The van der Waals surface area contributed by atoms with E-state index in [1.54, 1.807) is 12.4 Å². The highest BCUT2D eigenvalue weighted by atomic mass is 16.2. The Bertz CT molecular complexity index is 630. The van der Waals surface area contributed by atoms with Crippen molar-refractivity contribution >= 4 is 11.8 Å². The molecular formula is C19H26N4O2. The van der Waals surface area contributed by atoms with Gasteiger partial charge in [0.05, 0.1) is 6.20 Å². The van der Waals surface area contributed by atoms with Crippen molar-refractivity contribution in [2.24, 2.45) is 11.8 Å². The van der Waals surface area contributed by atoms with Crippen molar-refractivity contribution in [2.75, 3.05) is 19.6 Å². The molecule has 5 rings (SSSR count). The van der Waals surface area contributed by atoms with Crippen LogP contribution in [0.25, 0.3) is 0 Å². The molecule has 0 unspecified atom stereocenters. The van der Waals surface area contributed by atoms with Crippen LogP contribution < -0.4 is 0 Å². The van der Waals surface area contributed by atoms with Gasteiger partial charge in [0.1, 0.15) is 5.69 Å². The molecule has 3 saturated heterocycles. The van der Waals surface area contributed by atoms with E-state index in [1.165, 1.54) is 31.9 Å². The standard InChI is InChI=1S/C19H26N4O2/c24-18(9-14-3-1-2-4-14)23-12-15-5-6-16(23)13-22(11-15)19(25)17-10-20-7-8-21-17/h7-8,10,14-16H,1-6,9,11-13H2/t15-,16+/m1/s1. The van der Waals surface area contributed by atoms with Crippen molar-refractivity contribution in [1.29, 1.82) is 0 Å². The minimum absolute atomic E-state index is 0.0601. The zero-order valence-electron chi connectivity index (χ0n) is 14.6. The predicted octanol–water partition coefficient (Wildman–Crippen LogP) is 2.12. The van der Waals surface area contributed by atoms with E-state index >= 15 is 0 Å². The van der Waals surface area contributed by atoms with Gasteiger partial charge >= 0.3 is 0 Å². The van der Waals surface area contributed by atoms with Gasteiger partial charge in [0, 0.05) is 44.5 Å². The Balaban J connectivity index is 1.45. The molecule has 2 atom stereocenters. The Kier molecular flexibility index (Phi) is 4.68. The molecular weight excluding hydrogens is 316 g/mol. The number of hydrogen-bond donors (Lipinski definition) is 0. The summed E-state index contributed by atoms with van der Waals surface area (Å²) < 4.78 is 0. The molecule has 0 spiro atoms. The van der Waals surface area contributed by atoms with Crippen LogP contribution in [0.2, 0.25) is 0 Å². The van der Waals surface area contributed by atoms with Gasteiger partial charge in [-0.2, -0.15) is 0 Å². The molecule has 6 nitrogen and oxygen atoms in total. The first-order valence-corrected chi connectivity index (χ1v) is 9.55. The van der Waals surface area contributed by atoms with Gasteiger partial charge in [-0.25, -0.2) is 4.98 Å². The third-order valence-electron chi connectivity index (χ3n) is 6.04. The molecule has 0 aromatic carbocycles. The summed E-state index contributed by atoms with van der Waals surface area (Å²) in [6.45, 7) is 2.15. The van der Waals surface area contributed by atoms with Crippen LogP contribution in [0.5, 0.6) is 0 Å². The Morgan fingerprint density at radius 1 is 1.04 bits per heavy atom. The topological polar surface area (TPSA) is 66.4 Å². The summed E-state index contributed by atoms with van der Waals surface area (Å²) in [7, 11) is 0. The van der Waals surface area contributed by atoms with E-state index in [4.69, 9.17) is 0 Å². The molecule has 2 amide bonds. The van der Waals surface area contributed by atoms with Crippen LogP contribution in [0.4, 0.5) is 0 Å². The molecule has 0 N–H and O–H groups in total. The van der Waals surface area contributed by atoms with Crippen LogP contribution in [0.15, 0.2) is 18.6 Å². The second-order valence-electron chi connectivity index (χ2n) is 7.80. The smallest absolute Gasteiger partial charge is 0.274 e. The largest absolute Gasteiger partial charge is 0.338 e. The highest BCUT2D eigenvalue weighted by Crippen LogP contribution is 2.32. The van der Waals surface area contributed by atoms with Crippen molar-refractivity contribution < 1.29 is 9.59 Å². The van der Waals surface area contributed by atoms with Gasteiger partial charge in [0.25, 0.3) is 5.91 Å². The van der Waals surface area contributed by atoms with Crippen molar-refractivity contribution in [1.82, 2.24) is 19.8 Å². The fraction of sp³-hybridized carbons (Fsp3) is 0.684. The Morgan fingerprint density at radius 2 is 1.88 bits per heavy atom. The maximum atomic E-state index is 12.8. The third-order valence-corrected chi connectivity index (χ3v) is 6.04. The third kappa shape index (κ3) is 3.53. The van der Waals surface area contributed by atoms with Gasteiger partial charge in [-0.1, -0.05) is 12.8 Å². The maximum absolute atomic E-state index is 12.8. The molecule has 4 heterocycles. The van der Waals surface area contributed by atoms with Gasteiger partial charge in [0.2, 0.25) is 5.91 Å². The van der Waals surface area contributed by atoms with Crippen molar-refractivity contribution in [3.63, 3.8) is 0 Å². The highest BCUT2D eigenvalue weighted by Gasteiger charge is 2.39. The molecule has 0 radical (unpaired) electrons. The van der Waals surface area contributed by atoms with E-state index in [0.29, 0.717) is 36.4 Å². The van der Waals surface area contributed by atoms with Crippen LogP contribution in [0.1, 0.15) is 55.4 Å². The Morgan fingerprint density at radius 3 is 2.64 bits per heavy atom. The molecule has 4 fully saturated rings. The first-order chi connectivity index (χ1) is 12.2. The van der Waals surface area contributed by atoms with E-state index < -0.39 is 0 Å². The summed E-state index contributed by atoms with van der Waals surface area (Å²) in [5.74, 6) is 1.20. The second kappa shape index (κ2) is 7.10. The zero-order chi connectivity index (χ0) is 17.2. The van der Waals surface area contributed by atoms with Gasteiger partial charge in [-0.3, -0.25) is 14.6 Å². The lowest BCUT2D eigenvalue weighted by atomic mass is 9.93. The van der Waals surface area contributed by atoms with E-state index in [1.807, 2.05) is 4.90 Å². The van der Waals surface area contributed by atoms with Crippen molar-refractivity contribution in [3.05, 3.63) is 24.3 Å². The zero-order valence-corrected chi connectivity index (χ0v) is 14.6. The number of rotatable bonds is 3. The summed E-state index contributed by atoms with van der Waals surface area (Å²) in [5, 5.41) is 0. The van der Waals surface area contributed by atoms with Crippen LogP contribution in [-0.2, 0) is 4.79 Å². The summed E-state index contributed by atoms with van der Waals surface area (Å²) >= 11 is 0. The summed E-state index contributed by atoms with van der Waals surface area (Å²) in [5.41, 5.74) is 0.396. The molecule has 4 aliphatic rings. The lowest BCUT2D eigenvalue weighted by molar-refractivity contribution is -0.136. The molecule has 1 saturated carbocycles. The molecule has 1 aromatic heterocycles. The normalized spacial score (nSPS) is 26.7. The lowest BCUT2D eigenvalue weighted by Gasteiger charge is -2.36. The first kappa shape index (κ1) is 16.5. The average Bonchev–Trinajstić information content (AvgIpc) is 2.98. The van der Waals surface area contributed by atoms with Crippen LogP contribution in [-0.4, -0.2) is 57.3 Å². The molecule has 3 aliphatic heterocycles. The van der Waals surface area contributed by atoms with Crippen molar-refractivity contribution in [3.8, 4) is 0 Å². The van der Waals surface area contributed by atoms with Crippen LogP contribution in [0.3, 0.4) is 0 Å². The number of fused-ring (bicyclic) bond motifs is 4. The highest BCUT2D eigenvalue weighted by molar-refractivity contribution is 5.92. The van der Waals surface area contributed by atoms with E-state index in [2.05, 4.69) is 14.9 Å². The molecule has 134 valence electrons. The number of carbonyl (C=O) groups is 2. The lowest BCUT2D eigenvalue weighted by Crippen LogP contribution is -2.48. The van der Waals surface area contributed by atoms with Crippen LogP contribution >= 0.6 is 0 Å². The summed E-state index contributed by atoms with van der Waals surface area (Å²) in [6, 6.07) is 0.160. The minimum Gasteiger partial charge on any atom is -0.338 e. The van der Waals surface area contributed by atoms with Crippen LogP contribution in [0, 0.1) is 11.8 Å². The molecule has 1 aromatic rings. The molecule has 25 heavy (non-hydrogen) atoms. The van der Waals surface area contributed by atoms with E-state index in [0.717, 1.165) is 25.9 Å². The number of piperidine rings is 1. The summed E-state index contributed by atoms with van der Waals surface area (Å²) in [6.07, 6.45) is 12.4. The molecule has 1 aliphatic carbocycles. The number of nitrogens with zero attached hydrogens (tertiary/aromatic N) is 4. The molecule has 6 heteroatoms. The monoisotopic (exact) mass is 342 g/mol. The quantitative estimate of drug-likeness (QED) is 0.844. The fourth-order valence-electron chi connectivity index (χ4n) is 4.70. The van der Waals surface area contributed by atoms with Gasteiger partial charge < -0.3 is 9.80 Å². The van der Waals surface area contributed by atoms with E-state index in [9.17, 15) is 9.59 Å². The van der Waals surface area contributed by atoms with Crippen molar-refractivity contribution in [2.45, 2.75) is 51.0 Å². The van der Waals surface area contributed by atoms with E-state index in [-0.39, 0.29) is 11.9 Å². The number of amides is 2. The Hall–Kier alpha value is -1.98. The average molecular weight is 342 g/mol. The molecule has 2 bridgehead atoms. The van der Waals surface area contributed by atoms with Gasteiger partial charge in [0.15, 0.2) is 0 Å². The minimum atomic E-state index is -0.0601. The Labute approximate surface area is 148 Å².